The molecule has 0 bridgehead atoms. The van der Waals surface area contributed by atoms with Crippen LogP contribution in [0.4, 0.5) is 22.0 Å². The molecule has 1 unspecified atom stereocenters. The predicted molar refractivity (Wildman–Crippen MR) is 80.3 cm³/mol. The molecule has 0 aliphatic rings. The quantitative estimate of drug-likeness (QED) is 0.426. The first-order chi connectivity index (χ1) is 11.9. The zero-order valence-electron chi connectivity index (χ0n) is 14.0. The van der Waals surface area contributed by atoms with Gasteiger partial charge in [0.05, 0.1) is 19.8 Å². The molecular weight excluding hydrogens is 365 g/mol. The number of ether oxygens (including phenoxy) is 2. The molecule has 0 spiro atoms. The first kappa shape index (κ1) is 21.8. The highest BCUT2D eigenvalue weighted by Crippen LogP contribution is 2.34. The zero-order chi connectivity index (χ0) is 20.0. The Morgan fingerprint density at radius 3 is 2.15 bits per heavy atom. The van der Waals surface area contributed by atoms with E-state index in [4.69, 9.17) is 4.74 Å². The molecule has 0 fully saturated rings. The van der Waals surface area contributed by atoms with Crippen molar-refractivity contribution in [3.63, 3.8) is 0 Å². The molecular formula is C16H18F5NO4. The van der Waals surface area contributed by atoms with Crippen molar-refractivity contribution in [1.29, 1.82) is 0 Å². The highest BCUT2D eigenvalue weighted by Gasteiger charge is 2.58. The van der Waals surface area contributed by atoms with Gasteiger partial charge in [0.15, 0.2) is 0 Å². The molecule has 0 aromatic heterocycles. The maximum atomic E-state index is 13.0. The second-order valence-corrected chi connectivity index (χ2v) is 5.41. The molecule has 0 aliphatic heterocycles. The summed E-state index contributed by atoms with van der Waals surface area (Å²) in [6.45, 7) is -0.0619. The average molecular weight is 383 g/mol. The van der Waals surface area contributed by atoms with Crippen LogP contribution in [0.3, 0.4) is 0 Å². The number of hydrogen-bond donors (Lipinski definition) is 1. The third-order valence-corrected chi connectivity index (χ3v) is 3.35. The third kappa shape index (κ3) is 5.38. The second-order valence-electron chi connectivity index (χ2n) is 5.41. The van der Waals surface area contributed by atoms with E-state index < -0.39 is 36.1 Å². The van der Waals surface area contributed by atoms with Gasteiger partial charge in [-0.1, -0.05) is 30.3 Å². The summed E-state index contributed by atoms with van der Waals surface area (Å²) in [7, 11) is 0. The molecule has 5 nitrogen and oxygen atoms in total. The summed E-state index contributed by atoms with van der Waals surface area (Å²) in [5.41, 5.74) is -1.84. The molecule has 10 heteroatoms. The monoisotopic (exact) mass is 383 g/mol. The van der Waals surface area contributed by atoms with Gasteiger partial charge in [0.1, 0.15) is 0 Å². The van der Waals surface area contributed by atoms with Gasteiger partial charge in [0, 0.05) is 0 Å². The van der Waals surface area contributed by atoms with E-state index in [1.807, 2.05) is 0 Å². The standard InChI is InChI=1S/C16H18F5NO4/c1-3-25-13(24)14(2,26-9-11-7-5-4-6-8-11)12(23)22-10-15(17,18)16(19,20)21/h4-8H,3,9-10H2,1-2H3,(H,22,23). The van der Waals surface area contributed by atoms with Crippen LogP contribution in [0.15, 0.2) is 30.3 Å². The summed E-state index contributed by atoms with van der Waals surface area (Å²) in [5, 5.41) is 1.41. The van der Waals surface area contributed by atoms with Gasteiger partial charge in [-0.25, -0.2) is 4.79 Å². The van der Waals surface area contributed by atoms with Crippen LogP contribution in [-0.2, 0) is 25.7 Å². The number of hydrogen-bond acceptors (Lipinski definition) is 4. The fourth-order valence-electron chi connectivity index (χ4n) is 1.75. The minimum Gasteiger partial charge on any atom is -0.463 e. The van der Waals surface area contributed by atoms with Crippen LogP contribution in [-0.4, -0.2) is 42.7 Å². The Labute approximate surface area is 146 Å². The Morgan fingerprint density at radius 2 is 1.65 bits per heavy atom. The molecule has 0 saturated carbocycles. The van der Waals surface area contributed by atoms with Crippen LogP contribution in [0, 0.1) is 0 Å². The summed E-state index contributed by atoms with van der Waals surface area (Å²) in [5.74, 6) is -7.82. The third-order valence-electron chi connectivity index (χ3n) is 3.35. The molecule has 1 amide bonds. The number of rotatable bonds is 8. The Morgan fingerprint density at radius 1 is 1.08 bits per heavy atom. The molecule has 0 heterocycles. The van der Waals surface area contributed by atoms with E-state index in [-0.39, 0.29) is 13.2 Å². The van der Waals surface area contributed by atoms with Crippen molar-refractivity contribution in [2.45, 2.75) is 38.2 Å². The minimum atomic E-state index is -5.84. The van der Waals surface area contributed by atoms with Gasteiger partial charge in [-0.05, 0) is 19.4 Å². The van der Waals surface area contributed by atoms with Crippen LogP contribution >= 0.6 is 0 Å². The lowest BCUT2D eigenvalue weighted by Gasteiger charge is -2.28. The van der Waals surface area contributed by atoms with Crippen molar-refractivity contribution in [1.82, 2.24) is 5.32 Å². The highest BCUT2D eigenvalue weighted by molar-refractivity contribution is 6.05. The van der Waals surface area contributed by atoms with E-state index >= 15 is 0 Å². The fraction of sp³-hybridized carbons (Fsp3) is 0.500. The van der Waals surface area contributed by atoms with Gasteiger partial charge >= 0.3 is 18.1 Å². The van der Waals surface area contributed by atoms with Crippen molar-refractivity contribution < 1.29 is 41.0 Å². The van der Waals surface area contributed by atoms with Crippen molar-refractivity contribution in [2.75, 3.05) is 13.2 Å². The molecule has 1 atom stereocenters. The summed E-state index contributed by atoms with van der Waals surface area (Å²) in [4.78, 5) is 24.2. The first-order valence-electron chi connectivity index (χ1n) is 7.52. The van der Waals surface area contributed by atoms with Crippen molar-refractivity contribution in [3.8, 4) is 0 Å². The Hall–Kier alpha value is -2.23. The fourth-order valence-corrected chi connectivity index (χ4v) is 1.75. The largest absolute Gasteiger partial charge is 0.463 e. The molecule has 1 N–H and O–H groups in total. The maximum absolute atomic E-state index is 13.0. The van der Waals surface area contributed by atoms with Crippen LogP contribution in [0.5, 0.6) is 0 Å². The van der Waals surface area contributed by atoms with E-state index in [0.717, 1.165) is 6.92 Å². The number of carbonyl (C=O) groups excluding carboxylic acids is 2. The molecule has 0 saturated heterocycles. The molecule has 0 aliphatic carbocycles. The smallest absolute Gasteiger partial charge is 0.455 e. The van der Waals surface area contributed by atoms with Crippen molar-refractivity contribution >= 4 is 11.9 Å². The molecule has 0 radical (unpaired) electrons. The van der Waals surface area contributed by atoms with E-state index in [9.17, 15) is 31.5 Å². The van der Waals surface area contributed by atoms with Gasteiger partial charge in [-0.15, -0.1) is 0 Å². The van der Waals surface area contributed by atoms with Gasteiger partial charge in [0.2, 0.25) is 5.60 Å². The average Bonchev–Trinajstić information content (AvgIpc) is 2.57. The second kappa shape index (κ2) is 8.43. The van der Waals surface area contributed by atoms with E-state index in [1.165, 1.54) is 12.2 Å². The van der Waals surface area contributed by atoms with Crippen LogP contribution in [0.1, 0.15) is 19.4 Å². The lowest BCUT2D eigenvalue weighted by Crippen LogP contribution is -2.56. The number of halogens is 5. The summed E-state index contributed by atoms with van der Waals surface area (Å²) >= 11 is 0. The van der Waals surface area contributed by atoms with Crippen LogP contribution in [0.25, 0.3) is 0 Å². The number of esters is 1. The lowest BCUT2D eigenvalue weighted by atomic mass is 10.1. The summed E-state index contributed by atoms with van der Waals surface area (Å²) in [6, 6.07) is 8.25. The zero-order valence-corrected chi connectivity index (χ0v) is 14.0. The first-order valence-corrected chi connectivity index (χ1v) is 7.52. The number of carbonyl (C=O) groups is 2. The number of alkyl halides is 5. The molecule has 146 valence electrons. The Balaban J connectivity index is 2.90. The topological polar surface area (TPSA) is 64.6 Å². The van der Waals surface area contributed by atoms with Crippen molar-refractivity contribution in [3.05, 3.63) is 35.9 Å². The Kier molecular flexibility index (Phi) is 7.08. The molecule has 1 aromatic rings. The van der Waals surface area contributed by atoms with Gasteiger partial charge in [-0.2, -0.15) is 22.0 Å². The molecule has 26 heavy (non-hydrogen) atoms. The van der Waals surface area contributed by atoms with Crippen LogP contribution in [0.2, 0.25) is 0 Å². The Bertz CT molecular complexity index is 621. The van der Waals surface area contributed by atoms with Crippen LogP contribution < -0.4 is 5.32 Å². The van der Waals surface area contributed by atoms with E-state index in [1.54, 1.807) is 30.3 Å². The summed E-state index contributed by atoms with van der Waals surface area (Å²) < 4.78 is 72.5. The SMILES string of the molecule is CCOC(=O)C(C)(OCc1ccccc1)C(=O)NCC(F)(F)C(F)(F)F. The van der Waals surface area contributed by atoms with Gasteiger partial charge in [0.25, 0.3) is 5.91 Å². The normalized spacial score (nSPS) is 14.4. The molecule has 1 aromatic carbocycles. The minimum absolute atomic E-state index is 0.144. The number of amides is 1. The molecule has 1 rings (SSSR count). The highest BCUT2D eigenvalue weighted by atomic mass is 19.4. The number of benzene rings is 1. The summed E-state index contributed by atoms with van der Waals surface area (Å²) in [6.07, 6.45) is -5.84. The van der Waals surface area contributed by atoms with Crippen molar-refractivity contribution in [2.24, 2.45) is 0 Å². The van der Waals surface area contributed by atoms with E-state index in [0.29, 0.717) is 5.56 Å². The maximum Gasteiger partial charge on any atom is 0.455 e. The van der Waals surface area contributed by atoms with E-state index in [2.05, 4.69) is 4.74 Å². The lowest BCUT2D eigenvalue weighted by molar-refractivity contribution is -0.279. The predicted octanol–water partition coefficient (Wildman–Crippen LogP) is 2.84. The van der Waals surface area contributed by atoms with Gasteiger partial charge in [-0.3, -0.25) is 4.79 Å². The number of nitrogens with one attached hydrogen (secondary N) is 1. The van der Waals surface area contributed by atoms with Gasteiger partial charge < -0.3 is 14.8 Å².